The van der Waals surface area contributed by atoms with Gasteiger partial charge in [0, 0.05) is 5.69 Å². The second kappa shape index (κ2) is 5.66. The lowest BCUT2D eigenvalue weighted by molar-refractivity contribution is 0.0697. The van der Waals surface area contributed by atoms with E-state index in [1.165, 1.54) is 42.1 Å². The van der Waals surface area contributed by atoms with Crippen LogP contribution in [0.2, 0.25) is 0 Å². The minimum atomic E-state index is -1.10. The molecular formula is C12H10FN3O2S. The van der Waals surface area contributed by atoms with Gasteiger partial charge in [0.05, 0.1) is 0 Å². The van der Waals surface area contributed by atoms with E-state index in [0.717, 1.165) is 0 Å². The summed E-state index contributed by atoms with van der Waals surface area (Å²) >= 11 is 1.30. The van der Waals surface area contributed by atoms with Crippen molar-refractivity contribution < 1.29 is 14.3 Å². The van der Waals surface area contributed by atoms with Crippen molar-refractivity contribution in [2.45, 2.75) is 5.03 Å². The summed E-state index contributed by atoms with van der Waals surface area (Å²) in [5.74, 6) is -1.35. The SMILES string of the molecule is CSc1cc(C(=O)O)c(Nc2ccc(F)cc2)nn1. The Kier molecular flexibility index (Phi) is 3.96. The van der Waals surface area contributed by atoms with Gasteiger partial charge >= 0.3 is 5.97 Å². The molecule has 0 amide bonds. The molecule has 1 aromatic heterocycles. The van der Waals surface area contributed by atoms with E-state index in [4.69, 9.17) is 5.11 Å². The van der Waals surface area contributed by atoms with Gasteiger partial charge in [0.2, 0.25) is 0 Å². The van der Waals surface area contributed by atoms with Gasteiger partial charge in [-0.15, -0.1) is 22.0 Å². The standard InChI is InChI=1S/C12H10FN3O2S/c1-19-10-6-9(12(17)18)11(16-15-10)14-8-4-2-7(13)3-5-8/h2-6H,1H3,(H,14,16)(H,17,18). The Balaban J connectivity index is 2.33. The molecule has 19 heavy (non-hydrogen) atoms. The van der Waals surface area contributed by atoms with Crippen LogP contribution in [0, 0.1) is 5.82 Å². The summed E-state index contributed by atoms with van der Waals surface area (Å²) in [7, 11) is 0. The first-order chi connectivity index (χ1) is 9.10. The van der Waals surface area contributed by atoms with E-state index >= 15 is 0 Å². The van der Waals surface area contributed by atoms with E-state index in [2.05, 4.69) is 15.5 Å². The van der Waals surface area contributed by atoms with E-state index < -0.39 is 5.97 Å². The molecule has 2 N–H and O–H groups in total. The zero-order valence-corrected chi connectivity index (χ0v) is 10.7. The Bertz CT molecular complexity index is 604. The minimum absolute atomic E-state index is 0.0173. The van der Waals surface area contributed by atoms with Gasteiger partial charge in [0.15, 0.2) is 5.82 Å². The largest absolute Gasteiger partial charge is 0.478 e. The van der Waals surface area contributed by atoms with Gasteiger partial charge in [-0.1, -0.05) is 0 Å². The molecular weight excluding hydrogens is 269 g/mol. The molecule has 0 aliphatic rings. The van der Waals surface area contributed by atoms with E-state index in [9.17, 15) is 9.18 Å². The van der Waals surface area contributed by atoms with Gasteiger partial charge in [-0.25, -0.2) is 9.18 Å². The average Bonchev–Trinajstić information content (AvgIpc) is 2.41. The summed E-state index contributed by atoms with van der Waals surface area (Å²) in [4.78, 5) is 11.2. The predicted octanol–water partition coefficient (Wildman–Crippen LogP) is 2.78. The number of aromatic carboxylic acids is 1. The fraction of sp³-hybridized carbons (Fsp3) is 0.0833. The summed E-state index contributed by atoms with van der Waals surface area (Å²) in [5, 5.41) is 20.1. The van der Waals surface area contributed by atoms with E-state index in [1.807, 2.05) is 0 Å². The quantitative estimate of drug-likeness (QED) is 0.838. The summed E-state index contributed by atoms with van der Waals surface area (Å²) < 4.78 is 12.8. The van der Waals surface area contributed by atoms with Crippen molar-refractivity contribution in [3.63, 3.8) is 0 Å². The highest BCUT2D eigenvalue weighted by atomic mass is 32.2. The molecule has 0 bridgehead atoms. The number of anilines is 2. The second-order valence-electron chi connectivity index (χ2n) is 3.59. The Morgan fingerprint density at radius 1 is 1.32 bits per heavy atom. The third kappa shape index (κ3) is 3.19. The number of hydrogen-bond acceptors (Lipinski definition) is 5. The van der Waals surface area contributed by atoms with Crippen LogP contribution in [0.3, 0.4) is 0 Å². The number of aromatic nitrogens is 2. The molecule has 2 rings (SSSR count). The molecule has 1 aromatic carbocycles. The lowest BCUT2D eigenvalue weighted by atomic mass is 10.2. The highest BCUT2D eigenvalue weighted by Crippen LogP contribution is 2.21. The summed E-state index contributed by atoms with van der Waals surface area (Å²) in [5.41, 5.74) is 0.554. The lowest BCUT2D eigenvalue weighted by Gasteiger charge is -2.08. The van der Waals surface area contributed by atoms with Crippen LogP contribution in [0.25, 0.3) is 0 Å². The van der Waals surface area contributed by atoms with Crippen LogP contribution in [-0.4, -0.2) is 27.5 Å². The highest BCUT2D eigenvalue weighted by Gasteiger charge is 2.14. The molecule has 5 nitrogen and oxygen atoms in total. The number of rotatable bonds is 4. The van der Waals surface area contributed by atoms with Crippen LogP contribution >= 0.6 is 11.8 Å². The van der Waals surface area contributed by atoms with Gasteiger partial charge < -0.3 is 10.4 Å². The Labute approximate surface area is 112 Å². The number of carbonyl (C=O) groups is 1. The van der Waals surface area contributed by atoms with Crippen molar-refractivity contribution in [3.8, 4) is 0 Å². The van der Waals surface area contributed by atoms with Gasteiger partial charge in [-0.05, 0) is 36.6 Å². The molecule has 0 spiro atoms. The Morgan fingerprint density at radius 3 is 2.58 bits per heavy atom. The molecule has 0 aliphatic heterocycles. The maximum absolute atomic E-state index is 12.8. The van der Waals surface area contributed by atoms with Gasteiger partial charge in [0.25, 0.3) is 0 Å². The van der Waals surface area contributed by atoms with Crippen LogP contribution in [0.1, 0.15) is 10.4 Å². The van der Waals surface area contributed by atoms with Crippen molar-refractivity contribution in [2.75, 3.05) is 11.6 Å². The molecule has 0 saturated carbocycles. The zero-order valence-electron chi connectivity index (χ0n) is 9.92. The fourth-order valence-corrected chi connectivity index (χ4v) is 1.76. The van der Waals surface area contributed by atoms with Gasteiger partial charge in [-0.2, -0.15) is 0 Å². The van der Waals surface area contributed by atoms with Crippen molar-refractivity contribution in [1.29, 1.82) is 0 Å². The van der Waals surface area contributed by atoms with E-state index in [1.54, 1.807) is 6.26 Å². The second-order valence-corrected chi connectivity index (χ2v) is 4.41. The Hall–Kier alpha value is -2.15. The number of carboxylic acid groups (broad SMARTS) is 1. The van der Waals surface area contributed by atoms with E-state index in [-0.39, 0.29) is 17.2 Å². The minimum Gasteiger partial charge on any atom is -0.478 e. The van der Waals surface area contributed by atoms with Crippen LogP contribution in [0.4, 0.5) is 15.9 Å². The fourth-order valence-electron chi connectivity index (χ4n) is 1.40. The topological polar surface area (TPSA) is 75.1 Å². The van der Waals surface area contributed by atoms with Crippen LogP contribution in [0.15, 0.2) is 35.4 Å². The molecule has 0 saturated heterocycles. The van der Waals surface area contributed by atoms with Crippen molar-refractivity contribution in [1.82, 2.24) is 10.2 Å². The molecule has 0 aliphatic carbocycles. The Morgan fingerprint density at radius 2 is 2.00 bits per heavy atom. The average molecular weight is 279 g/mol. The van der Waals surface area contributed by atoms with Crippen LogP contribution in [-0.2, 0) is 0 Å². The predicted molar refractivity (Wildman–Crippen MR) is 70.5 cm³/mol. The first kappa shape index (κ1) is 13.3. The monoisotopic (exact) mass is 279 g/mol. The highest BCUT2D eigenvalue weighted by molar-refractivity contribution is 7.98. The third-order valence-corrected chi connectivity index (χ3v) is 2.94. The van der Waals surface area contributed by atoms with Crippen LogP contribution in [0.5, 0.6) is 0 Å². The molecule has 98 valence electrons. The van der Waals surface area contributed by atoms with Gasteiger partial charge in [0.1, 0.15) is 16.4 Å². The number of benzene rings is 1. The number of nitrogens with one attached hydrogen (secondary N) is 1. The number of nitrogens with zero attached hydrogens (tertiary/aromatic N) is 2. The number of thioether (sulfide) groups is 1. The molecule has 0 unspecified atom stereocenters. The summed E-state index contributed by atoms with van der Waals surface area (Å²) in [6, 6.07) is 6.96. The van der Waals surface area contributed by atoms with Crippen molar-refractivity contribution >= 4 is 29.2 Å². The maximum Gasteiger partial charge on any atom is 0.339 e. The van der Waals surface area contributed by atoms with E-state index in [0.29, 0.717) is 10.7 Å². The maximum atomic E-state index is 12.8. The lowest BCUT2D eigenvalue weighted by Crippen LogP contribution is -2.07. The molecule has 0 atom stereocenters. The number of carboxylic acids is 1. The molecule has 0 fully saturated rings. The zero-order chi connectivity index (χ0) is 13.8. The normalized spacial score (nSPS) is 10.2. The molecule has 7 heteroatoms. The summed E-state index contributed by atoms with van der Waals surface area (Å²) in [6.07, 6.45) is 1.78. The molecule has 0 radical (unpaired) electrons. The smallest absolute Gasteiger partial charge is 0.339 e. The molecule has 1 heterocycles. The van der Waals surface area contributed by atoms with Gasteiger partial charge in [-0.3, -0.25) is 0 Å². The number of hydrogen-bond donors (Lipinski definition) is 2. The molecule has 2 aromatic rings. The van der Waals surface area contributed by atoms with Crippen LogP contribution < -0.4 is 5.32 Å². The van der Waals surface area contributed by atoms with Crippen molar-refractivity contribution in [3.05, 3.63) is 41.7 Å². The summed E-state index contributed by atoms with van der Waals surface area (Å²) in [6.45, 7) is 0. The first-order valence-electron chi connectivity index (χ1n) is 5.28. The number of halogens is 1. The van der Waals surface area contributed by atoms with Crippen molar-refractivity contribution in [2.24, 2.45) is 0 Å². The third-order valence-electron chi connectivity index (χ3n) is 2.32. The first-order valence-corrected chi connectivity index (χ1v) is 6.50.